The minimum atomic E-state index is -0.412. The van der Waals surface area contributed by atoms with Crippen molar-refractivity contribution >= 4 is 17.1 Å². The maximum atomic E-state index is 7.82. The molecule has 1 aliphatic rings. The van der Waals surface area contributed by atoms with E-state index in [1.807, 2.05) is 0 Å². The number of nitrogens with one attached hydrogen (secondary N) is 3. The van der Waals surface area contributed by atoms with Gasteiger partial charge in [0.1, 0.15) is 0 Å². The Morgan fingerprint density at radius 2 is 1.37 bits per heavy atom. The fourth-order valence-electron chi connectivity index (χ4n) is 2.70. The van der Waals surface area contributed by atoms with Gasteiger partial charge in [0, 0.05) is 5.92 Å². The number of nitrogens with two attached hydrogens (primary N) is 1. The van der Waals surface area contributed by atoms with Crippen molar-refractivity contribution in [2.75, 3.05) is 0 Å². The molecule has 0 aromatic heterocycles. The Kier molecular flexibility index (Phi) is 6.92. The maximum Gasteiger partial charge on any atom is 0.0975 e. The molecule has 0 saturated heterocycles. The van der Waals surface area contributed by atoms with Crippen LogP contribution in [0.15, 0.2) is 0 Å². The van der Waals surface area contributed by atoms with Gasteiger partial charge in [0.05, 0.1) is 23.2 Å². The summed E-state index contributed by atoms with van der Waals surface area (Å²) in [5, 5.41) is 23.1. The largest absolute Gasteiger partial charge is 0.322 e. The van der Waals surface area contributed by atoms with Gasteiger partial charge in [-0.3, -0.25) is 5.41 Å². The standard InChI is InChI=1S/C15H28N4/c1-2-3-4-5-6-7-8-9-10-11-12(16)14(18)15(19)13(11)17/h11-12,17-19H,2-10,16H2,1H3. The maximum absolute atomic E-state index is 7.82. The summed E-state index contributed by atoms with van der Waals surface area (Å²) in [4.78, 5) is 0. The third-order valence-electron chi connectivity index (χ3n) is 4.04. The van der Waals surface area contributed by atoms with Crippen molar-refractivity contribution in [1.29, 1.82) is 16.2 Å². The van der Waals surface area contributed by atoms with E-state index in [0.29, 0.717) is 0 Å². The molecule has 1 fully saturated rings. The molecular weight excluding hydrogens is 236 g/mol. The second-order valence-electron chi connectivity index (χ2n) is 5.60. The lowest BCUT2D eigenvalue weighted by Gasteiger charge is -2.13. The van der Waals surface area contributed by atoms with Gasteiger partial charge in [-0.05, 0) is 6.42 Å². The monoisotopic (exact) mass is 264 g/mol. The molecule has 1 saturated carbocycles. The third-order valence-corrected chi connectivity index (χ3v) is 4.04. The van der Waals surface area contributed by atoms with Crippen LogP contribution in [0.2, 0.25) is 0 Å². The van der Waals surface area contributed by atoms with Crippen molar-refractivity contribution in [3.8, 4) is 0 Å². The number of rotatable bonds is 9. The summed E-state index contributed by atoms with van der Waals surface area (Å²) in [6.07, 6.45) is 11.0. The summed E-state index contributed by atoms with van der Waals surface area (Å²) in [5.74, 6) is -0.0832. The lowest BCUT2D eigenvalue weighted by molar-refractivity contribution is 0.517. The fourth-order valence-corrected chi connectivity index (χ4v) is 2.70. The van der Waals surface area contributed by atoms with Crippen LogP contribution < -0.4 is 5.73 Å². The predicted octanol–water partition coefficient (Wildman–Crippen LogP) is 3.53. The van der Waals surface area contributed by atoms with Crippen LogP contribution in [0.3, 0.4) is 0 Å². The molecule has 2 atom stereocenters. The summed E-state index contributed by atoms with van der Waals surface area (Å²) < 4.78 is 0. The van der Waals surface area contributed by atoms with E-state index >= 15 is 0 Å². The number of unbranched alkanes of at least 4 members (excludes halogenated alkanes) is 7. The quantitative estimate of drug-likeness (QED) is 0.471. The summed E-state index contributed by atoms with van der Waals surface area (Å²) >= 11 is 0. The highest BCUT2D eigenvalue weighted by Gasteiger charge is 2.37. The molecule has 2 unspecified atom stereocenters. The first-order valence-corrected chi connectivity index (χ1v) is 7.61. The molecule has 0 aromatic rings. The molecule has 0 aromatic carbocycles. The van der Waals surface area contributed by atoms with Gasteiger partial charge in [-0.15, -0.1) is 0 Å². The minimum Gasteiger partial charge on any atom is -0.322 e. The third kappa shape index (κ3) is 4.53. The Hall–Kier alpha value is -1.03. The van der Waals surface area contributed by atoms with Gasteiger partial charge in [-0.2, -0.15) is 0 Å². The zero-order chi connectivity index (χ0) is 14.3. The number of hydrogen-bond acceptors (Lipinski definition) is 4. The number of hydrogen-bond donors (Lipinski definition) is 4. The summed E-state index contributed by atoms with van der Waals surface area (Å²) in [6, 6.07) is -0.412. The van der Waals surface area contributed by atoms with Crippen LogP contribution in [0.5, 0.6) is 0 Å². The smallest absolute Gasteiger partial charge is 0.0975 e. The van der Waals surface area contributed by atoms with Crippen LogP contribution in [0, 0.1) is 22.1 Å². The molecular formula is C15H28N4. The van der Waals surface area contributed by atoms with E-state index in [4.69, 9.17) is 22.0 Å². The van der Waals surface area contributed by atoms with Crippen LogP contribution >= 0.6 is 0 Å². The highest BCUT2D eigenvalue weighted by Crippen LogP contribution is 2.22. The summed E-state index contributed by atoms with van der Waals surface area (Å²) in [5.41, 5.74) is 6.37. The lowest BCUT2D eigenvalue weighted by Crippen LogP contribution is -2.32. The van der Waals surface area contributed by atoms with Gasteiger partial charge in [0.2, 0.25) is 0 Å². The second-order valence-corrected chi connectivity index (χ2v) is 5.60. The second kappa shape index (κ2) is 8.20. The average Bonchev–Trinajstić information content (AvgIpc) is 2.59. The van der Waals surface area contributed by atoms with Crippen molar-refractivity contribution in [2.45, 2.75) is 70.8 Å². The molecule has 1 rings (SSSR count). The Balaban J connectivity index is 2.11. The Bertz CT molecular complexity index is 335. The van der Waals surface area contributed by atoms with Gasteiger partial charge in [-0.25, -0.2) is 0 Å². The molecule has 19 heavy (non-hydrogen) atoms. The minimum absolute atomic E-state index is 0.0528. The SMILES string of the molecule is CCCCCCCCCCC1C(=N)C(=N)C(=N)C1N. The molecule has 0 spiro atoms. The van der Waals surface area contributed by atoms with Crippen molar-refractivity contribution < 1.29 is 0 Å². The molecule has 5 N–H and O–H groups in total. The summed E-state index contributed by atoms with van der Waals surface area (Å²) in [6.45, 7) is 2.23. The van der Waals surface area contributed by atoms with Crippen LogP contribution in [-0.4, -0.2) is 23.2 Å². The van der Waals surface area contributed by atoms with E-state index in [1.165, 1.54) is 44.9 Å². The summed E-state index contributed by atoms with van der Waals surface area (Å²) in [7, 11) is 0. The van der Waals surface area contributed by atoms with E-state index in [-0.39, 0.29) is 23.1 Å². The van der Waals surface area contributed by atoms with Gasteiger partial charge >= 0.3 is 0 Å². The Labute approximate surface area is 116 Å². The van der Waals surface area contributed by atoms with Gasteiger partial charge in [0.25, 0.3) is 0 Å². The highest BCUT2D eigenvalue weighted by atomic mass is 14.8. The topological polar surface area (TPSA) is 97.6 Å². The zero-order valence-electron chi connectivity index (χ0n) is 12.1. The average molecular weight is 264 g/mol. The van der Waals surface area contributed by atoms with Gasteiger partial charge < -0.3 is 16.6 Å². The first-order valence-electron chi connectivity index (χ1n) is 7.61. The predicted molar refractivity (Wildman–Crippen MR) is 81.9 cm³/mol. The molecule has 108 valence electrons. The van der Waals surface area contributed by atoms with E-state index in [9.17, 15) is 0 Å². The molecule has 4 nitrogen and oxygen atoms in total. The van der Waals surface area contributed by atoms with Gasteiger partial charge in [0.15, 0.2) is 0 Å². The van der Waals surface area contributed by atoms with E-state index < -0.39 is 6.04 Å². The first-order chi connectivity index (χ1) is 9.09. The first kappa shape index (κ1) is 16.0. The Morgan fingerprint density at radius 3 is 1.84 bits per heavy atom. The fraction of sp³-hybridized carbons (Fsp3) is 0.800. The van der Waals surface area contributed by atoms with E-state index in [1.54, 1.807) is 0 Å². The molecule has 0 aliphatic heterocycles. The van der Waals surface area contributed by atoms with Crippen molar-refractivity contribution in [1.82, 2.24) is 0 Å². The van der Waals surface area contributed by atoms with Crippen LogP contribution in [0.25, 0.3) is 0 Å². The van der Waals surface area contributed by atoms with Gasteiger partial charge in [-0.1, -0.05) is 58.3 Å². The zero-order valence-corrected chi connectivity index (χ0v) is 12.1. The molecule has 1 aliphatic carbocycles. The molecule has 4 heteroatoms. The van der Waals surface area contributed by atoms with E-state index in [2.05, 4.69) is 6.92 Å². The molecule has 0 bridgehead atoms. The molecule has 0 heterocycles. The van der Waals surface area contributed by atoms with Crippen LogP contribution in [-0.2, 0) is 0 Å². The van der Waals surface area contributed by atoms with Crippen molar-refractivity contribution in [3.05, 3.63) is 0 Å². The lowest BCUT2D eigenvalue weighted by atomic mass is 9.94. The Morgan fingerprint density at radius 1 is 0.842 bits per heavy atom. The normalized spacial score (nSPS) is 23.4. The highest BCUT2D eigenvalue weighted by molar-refractivity contribution is 6.71. The van der Waals surface area contributed by atoms with Crippen LogP contribution in [0.4, 0.5) is 0 Å². The molecule has 0 radical (unpaired) electrons. The van der Waals surface area contributed by atoms with E-state index in [0.717, 1.165) is 12.8 Å². The van der Waals surface area contributed by atoms with Crippen molar-refractivity contribution in [3.63, 3.8) is 0 Å². The van der Waals surface area contributed by atoms with Crippen LogP contribution in [0.1, 0.15) is 64.7 Å². The van der Waals surface area contributed by atoms with Crippen molar-refractivity contribution in [2.24, 2.45) is 11.7 Å². The molecule has 0 amide bonds.